The van der Waals surface area contributed by atoms with Gasteiger partial charge in [0.1, 0.15) is 30.4 Å². The maximum absolute atomic E-state index is 15.0. The molecular formula is C28H36FN5O3. The predicted molar refractivity (Wildman–Crippen MR) is 146 cm³/mol. The molecule has 0 atom stereocenters. The molecule has 0 bridgehead atoms. The molecule has 8 nitrogen and oxygen atoms in total. The van der Waals surface area contributed by atoms with Crippen molar-refractivity contribution >= 4 is 41.8 Å². The number of benzene rings is 2. The van der Waals surface area contributed by atoms with Gasteiger partial charge >= 0.3 is 0 Å². The normalized spacial score (nSPS) is 14.9. The third-order valence-electron chi connectivity index (χ3n) is 6.30. The van der Waals surface area contributed by atoms with Crippen molar-refractivity contribution in [1.29, 1.82) is 0 Å². The zero-order valence-electron chi connectivity index (χ0n) is 21.9. The number of carbonyl (C=O) groups is 2. The Labute approximate surface area is 217 Å². The summed E-state index contributed by atoms with van der Waals surface area (Å²) in [5.41, 5.74) is 1.02. The van der Waals surface area contributed by atoms with E-state index in [4.69, 9.17) is 4.74 Å². The van der Waals surface area contributed by atoms with Gasteiger partial charge in [0.15, 0.2) is 0 Å². The largest absolute Gasteiger partial charge is 0.492 e. The van der Waals surface area contributed by atoms with Gasteiger partial charge in [-0.25, -0.2) is 9.38 Å². The second kappa shape index (κ2) is 12.5. The maximum Gasteiger partial charge on any atom is 0.233 e. The molecule has 0 aliphatic heterocycles. The van der Waals surface area contributed by atoms with Crippen LogP contribution in [-0.2, 0) is 9.59 Å². The fourth-order valence-electron chi connectivity index (χ4n) is 3.97. The van der Waals surface area contributed by atoms with Crippen LogP contribution in [0, 0.1) is 11.7 Å². The highest BCUT2D eigenvalue weighted by atomic mass is 19.1. The molecule has 0 aromatic heterocycles. The van der Waals surface area contributed by atoms with E-state index in [9.17, 15) is 9.59 Å². The van der Waals surface area contributed by atoms with E-state index in [2.05, 4.69) is 46.7 Å². The Morgan fingerprint density at radius 3 is 2.32 bits per heavy atom. The molecule has 0 unspecified atom stereocenters. The minimum Gasteiger partial charge on any atom is -0.492 e. The number of carbonyl (C=O) groups excluding carboxylic acids is 2. The third-order valence-corrected chi connectivity index (χ3v) is 6.30. The van der Waals surface area contributed by atoms with Crippen LogP contribution < -0.4 is 36.4 Å². The lowest BCUT2D eigenvalue weighted by atomic mass is 10.0. The Hall–Kier alpha value is -3.72. The van der Waals surface area contributed by atoms with Crippen molar-refractivity contribution in [3.63, 3.8) is 0 Å². The van der Waals surface area contributed by atoms with Gasteiger partial charge in [-0.05, 0) is 68.3 Å². The van der Waals surface area contributed by atoms with Crippen molar-refractivity contribution in [2.24, 2.45) is 10.9 Å². The average Bonchev–Trinajstić information content (AvgIpc) is 3.61. The first-order valence-corrected chi connectivity index (χ1v) is 12.4. The third kappa shape index (κ3) is 7.63. The van der Waals surface area contributed by atoms with Crippen molar-refractivity contribution in [3.05, 3.63) is 52.7 Å². The van der Waals surface area contributed by atoms with Gasteiger partial charge in [0.2, 0.25) is 11.8 Å². The van der Waals surface area contributed by atoms with E-state index >= 15 is 4.39 Å². The number of aliphatic imine (C=N–C) groups is 1. The summed E-state index contributed by atoms with van der Waals surface area (Å²) in [6, 6.07) is 9.84. The number of amides is 2. The maximum atomic E-state index is 15.0. The first-order valence-electron chi connectivity index (χ1n) is 12.4. The molecule has 0 spiro atoms. The molecule has 1 fully saturated rings. The van der Waals surface area contributed by atoms with Gasteiger partial charge in [-0.1, -0.05) is 20.4 Å². The smallest absolute Gasteiger partial charge is 0.233 e. The van der Waals surface area contributed by atoms with Crippen molar-refractivity contribution in [2.45, 2.75) is 45.6 Å². The Morgan fingerprint density at radius 2 is 1.78 bits per heavy atom. The van der Waals surface area contributed by atoms with E-state index in [1.165, 1.54) is 6.07 Å². The Morgan fingerprint density at radius 1 is 1.14 bits per heavy atom. The standard InChI is InChI=1S/C28H36FN5O3/c1-6-31-27(26-19(4)15-22(16-23(26)29)37-14-13-30-5)33-21-9-7-20(8-10-21)32-24(35)17-25(36)34-28(11-12-28)18(2)3/h6-10,15-16,18,30,33H,4,11-14,17H2,1-3,5H3,(H,32,35)(H,34,36)/b27-26-,31-6-. The fourth-order valence-corrected chi connectivity index (χ4v) is 3.97. The molecule has 9 heteroatoms. The monoisotopic (exact) mass is 509 g/mol. The van der Waals surface area contributed by atoms with Gasteiger partial charge in [-0.15, -0.1) is 0 Å². The summed E-state index contributed by atoms with van der Waals surface area (Å²) in [6.45, 7) is 10.9. The van der Waals surface area contributed by atoms with Crippen molar-refractivity contribution in [3.8, 4) is 5.75 Å². The summed E-state index contributed by atoms with van der Waals surface area (Å²) in [4.78, 5) is 28.9. The number of hydrogen-bond donors (Lipinski definition) is 4. The van der Waals surface area contributed by atoms with E-state index in [1.807, 2.05) is 7.05 Å². The molecule has 198 valence electrons. The second-order valence-corrected chi connectivity index (χ2v) is 9.41. The Kier molecular flexibility index (Phi) is 9.41. The Bertz CT molecular complexity index is 1250. The number of hydrogen-bond acceptors (Lipinski definition) is 6. The molecule has 3 rings (SSSR count). The van der Waals surface area contributed by atoms with E-state index in [0.29, 0.717) is 47.2 Å². The number of halogens is 1. The van der Waals surface area contributed by atoms with E-state index < -0.39 is 5.82 Å². The van der Waals surface area contributed by atoms with E-state index in [1.54, 1.807) is 43.5 Å². The lowest BCUT2D eigenvalue weighted by molar-refractivity contribution is -0.127. The molecule has 4 N–H and O–H groups in total. The lowest BCUT2D eigenvalue weighted by Crippen LogP contribution is -2.42. The summed E-state index contributed by atoms with van der Waals surface area (Å²) in [5.74, 6) is -0.149. The van der Waals surface area contributed by atoms with Crippen LogP contribution in [-0.4, -0.2) is 43.8 Å². The minimum absolute atomic E-state index is 0.160. The molecular weight excluding hydrogens is 473 g/mol. The second-order valence-electron chi connectivity index (χ2n) is 9.41. The number of ether oxygens (including phenoxy) is 1. The highest BCUT2D eigenvalue weighted by Crippen LogP contribution is 2.42. The van der Waals surface area contributed by atoms with Gasteiger partial charge in [0.25, 0.3) is 0 Å². The van der Waals surface area contributed by atoms with Crippen LogP contribution in [0.5, 0.6) is 5.75 Å². The molecule has 1 saturated carbocycles. The topological polar surface area (TPSA) is 104 Å². The van der Waals surface area contributed by atoms with Crippen molar-refractivity contribution in [2.75, 3.05) is 30.8 Å². The SMILES string of the molecule is C=c1cc(OCCNC)cc(F)/c1=C(/N=C\C)Nc1ccc(NC(=O)CC(=O)NC2(C(C)C)CC2)cc1. The van der Waals surface area contributed by atoms with Crippen LogP contribution in [0.1, 0.15) is 40.0 Å². The van der Waals surface area contributed by atoms with Crippen LogP contribution in [0.15, 0.2) is 41.4 Å². The summed E-state index contributed by atoms with van der Waals surface area (Å²) in [7, 11) is 1.81. The van der Waals surface area contributed by atoms with Crippen LogP contribution in [0.25, 0.3) is 12.4 Å². The number of nitrogens with one attached hydrogen (secondary N) is 4. The number of nitrogens with zero attached hydrogens (tertiary/aromatic N) is 1. The Balaban J connectivity index is 1.68. The van der Waals surface area contributed by atoms with Gasteiger partial charge < -0.3 is 26.0 Å². The summed E-state index contributed by atoms with van der Waals surface area (Å²) < 4.78 is 20.6. The zero-order valence-corrected chi connectivity index (χ0v) is 21.9. The number of likely N-dealkylation sites (N-methyl/N-ethyl adjacent to an activating group) is 1. The average molecular weight is 510 g/mol. The van der Waals surface area contributed by atoms with Crippen LogP contribution in [0.3, 0.4) is 0 Å². The molecule has 0 heterocycles. The fraction of sp³-hybridized carbons (Fsp3) is 0.393. The van der Waals surface area contributed by atoms with Gasteiger partial charge in [0.05, 0.1) is 5.22 Å². The predicted octanol–water partition coefficient (Wildman–Crippen LogP) is 2.74. The lowest BCUT2D eigenvalue weighted by Gasteiger charge is -2.21. The first kappa shape index (κ1) is 27.9. The number of anilines is 2. The molecule has 2 aromatic rings. The van der Waals surface area contributed by atoms with Gasteiger partial charge in [-0.3, -0.25) is 9.59 Å². The molecule has 0 radical (unpaired) electrons. The molecule has 2 aromatic carbocycles. The molecule has 2 amide bonds. The van der Waals surface area contributed by atoms with Gasteiger partial charge in [0, 0.05) is 35.7 Å². The van der Waals surface area contributed by atoms with Crippen molar-refractivity contribution in [1.82, 2.24) is 10.6 Å². The summed E-state index contributed by atoms with van der Waals surface area (Å²) in [5, 5.41) is 12.5. The van der Waals surface area contributed by atoms with Crippen LogP contribution >= 0.6 is 0 Å². The van der Waals surface area contributed by atoms with Crippen LogP contribution in [0.4, 0.5) is 15.8 Å². The highest BCUT2D eigenvalue weighted by molar-refractivity contribution is 6.03. The molecule has 37 heavy (non-hydrogen) atoms. The van der Waals surface area contributed by atoms with E-state index in [-0.39, 0.29) is 29.0 Å². The van der Waals surface area contributed by atoms with Crippen molar-refractivity contribution < 1.29 is 18.7 Å². The quantitative estimate of drug-likeness (QED) is 0.200. The first-order chi connectivity index (χ1) is 17.7. The summed E-state index contributed by atoms with van der Waals surface area (Å²) >= 11 is 0. The van der Waals surface area contributed by atoms with Gasteiger partial charge in [-0.2, -0.15) is 0 Å². The molecule has 0 saturated heterocycles. The zero-order chi connectivity index (χ0) is 27.0. The van der Waals surface area contributed by atoms with Crippen LogP contribution in [0.2, 0.25) is 0 Å². The minimum atomic E-state index is -0.507. The van der Waals surface area contributed by atoms with E-state index in [0.717, 1.165) is 12.8 Å². The highest BCUT2D eigenvalue weighted by Gasteiger charge is 2.46. The molecule has 1 aliphatic rings. The molecule has 1 aliphatic carbocycles. The number of rotatable bonds is 12. The summed E-state index contributed by atoms with van der Waals surface area (Å²) in [6.07, 6.45) is 3.21.